The minimum absolute atomic E-state index is 0.271. The Morgan fingerprint density at radius 3 is 2.84 bits per heavy atom. The minimum Gasteiger partial charge on any atom is -0.444 e. The number of thioether (sulfide) groups is 1. The highest BCUT2D eigenvalue weighted by Crippen LogP contribution is 2.20. The summed E-state index contributed by atoms with van der Waals surface area (Å²) in [5.41, 5.74) is 1.59. The molecule has 2 heterocycles. The molecule has 0 aromatic carbocycles. The van der Waals surface area contributed by atoms with Crippen molar-refractivity contribution >= 4 is 17.9 Å². The number of fused-ring (bicyclic) bond motifs is 1. The summed E-state index contributed by atoms with van der Waals surface area (Å²) < 4.78 is 5.38. The fourth-order valence-corrected chi connectivity index (χ4v) is 2.24. The molecule has 5 nitrogen and oxygen atoms in total. The third kappa shape index (κ3) is 3.59. The maximum Gasteiger partial charge on any atom is 0.410 e. The zero-order valence-corrected chi connectivity index (χ0v) is 12.6. The van der Waals surface area contributed by atoms with Crippen molar-refractivity contribution in [2.45, 2.75) is 44.5 Å². The lowest BCUT2D eigenvalue weighted by atomic mass is 10.1. The zero-order chi connectivity index (χ0) is 14.0. The molecular weight excluding hydrogens is 262 g/mol. The zero-order valence-electron chi connectivity index (χ0n) is 11.8. The first-order valence-electron chi connectivity index (χ1n) is 6.26. The molecule has 1 aliphatic rings. The Bertz CT molecular complexity index is 485. The van der Waals surface area contributed by atoms with E-state index >= 15 is 0 Å². The summed E-state index contributed by atoms with van der Waals surface area (Å²) in [6.07, 6.45) is 4.25. The van der Waals surface area contributed by atoms with Gasteiger partial charge in [0, 0.05) is 24.7 Å². The molecule has 1 aromatic rings. The maximum atomic E-state index is 12.0. The summed E-state index contributed by atoms with van der Waals surface area (Å²) in [6, 6.07) is 0. The van der Waals surface area contributed by atoms with Crippen LogP contribution in [0.4, 0.5) is 4.79 Å². The van der Waals surface area contributed by atoms with Crippen LogP contribution >= 0.6 is 11.8 Å². The first kappa shape index (κ1) is 14.1. The van der Waals surface area contributed by atoms with E-state index in [2.05, 4.69) is 9.97 Å². The second kappa shape index (κ2) is 5.36. The van der Waals surface area contributed by atoms with E-state index in [0.717, 1.165) is 22.8 Å². The summed E-state index contributed by atoms with van der Waals surface area (Å²) >= 11 is 1.53. The third-order valence-corrected chi connectivity index (χ3v) is 3.31. The van der Waals surface area contributed by atoms with Crippen molar-refractivity contribution in [3.05, 3.63) is 17.5 Å². The number of hydrogen-bond donors (Lipinski definition) is 0. The topological polar surface area (TPSA) is 55.3 Å². The smallest absolute Gasteiger partial charge is 0.410 e. The highest BCUT2D eigenvalue weighted by atomic mass is 32.2. The van der Waals surface area contributed by atoms with Crippen molar-refractivity contribution in [3.63, 3.8) is 0 Å². The first-order valence-corrected chi connectivity index (χ1v) is 7.48. The van der Waals surface area contributed by atoms with E-state index < -0.39 is 5.60 Å². The van der Waals surface area contributed by atoms with Crippen LogP contribution in [0.25, 0.3) is 0 Å². The maximum absolute atomic E-state index is 12.0. The van der Waals surface area contributed by atoms with E-state index in [4.69, 9.17) is 4.74 Å². The highest BCUT2D eigenvalue weighted by molar-refractivity contribution is 7.98. The summed E-state index contributed by atoms with van der Waals surface area (Å²) in [7, 11) is 0. The van der Waals surface area contributed by atoms with Crippen LogP contribution in [-0.4, -0.2) is 39.4 Å². The van der Waals surface area contributed by atoms with Gasteiger partial charge in [-0.3, -0.25) is 0 Å². The third-order valence-electron chi connectivity index (χ3n) is 2.75. The molecule has 1 aromatic heterocycles. The molecule has 0 bridgehead atoms. The highest BCUT2D eigenvalue weighted by Gasteiger charge is 2.26. The van der Waals surface area contributed by atoms with Gasteiger partial charge in [-0.25, -0.2) is 14.8 Å². The molecular formula is C13H19N3O2S. The molecule has 2 rings (SSSR count). The largest absolute Gasteiger partial charge is 0.444 e. The summed E-state index contributed by atoms with van der Waals surface area (Å²) in [6.45, 7) is 6.79. The number of hydrogen-bond acceptors (Lipinski definition) is 5. The first-order chi connectivity index (χ1) is 8.89. The Labute approximate surface area is 117 Å². The van der Waals surface area contributed by atoms with Gasteiger partial charge < -0.3 is 9.64 Å². The second-order valence-corrected chi connectivity index (χ2v) is 6.25. The van der Waals surface area contributed by atoms with E-state index in [0.29, 0.717) is 13.1 Å². The fraction of sp³-hybridized carbons (Fsp3) is 0.615. The number of aromatic nitrogens is 2. The number of carbonyl (C=O) groups is 1. The molecule has 0 spiro atoms. The average Bonchev–Trinajstić information content (AvgIpc) is 2.35. The van der Waals surface area contributed by atoms with Crippen LogP contribution in [0.3, 0.4) is 0 Å². The van der Waals surface area contributed by atoms with Crippen molar-refractivity contribution < 1.29 is 9.53 Å². The number of amides is 1. The van der Waals surface area contributed by atoms with Gasteiger partial charge in [0.05, 0.1) is 12.2 Å². The average molecular weight is 281 g/mol. The van der Waals surface area contributed by atoms with Gasteiger partial charge in [0.15, 0.2) is 5.16 Å². The number of ether oxygens (including phenoxy) is 1. The molecule has 0 aliphatic carbocycles. The van der Waals surface area contributed by atoms with Crippen molar-refractivity contribution in [2.24, 2.45) is 0 Å². The molecule has 0 saturated heterocycles. The monoisotopic (exact) mass is 281 g/mol. The Hall–Kier alpha value is -1.30. The van der Waals surface area contributed by atoms with Gasteiger partial charge in [-0.15, -0.1) is 0 Å². The standard InChI is InChI=1S/C13H19N3O2S/c1-13(2,3)18-12(17)16-6-5-10-9(8-16)7-14-11(15-10)19-4/h7H,5-6,8H2,1-4H3. The SMILES string of the molecule is CSc1ncc2c(n1)CCN(C(=O)OC(C)(C)C)C2. The summed E-state index contributed by atoms with van der Waals surface area (Å²) in [5, 5.41) is 0.782. The Morgan fingerprint density at radius 2 is 2.21 bits per heavy atom. The Kier molecular flexibility index (Phi) is 3.99. The summed E-state index contributed by atoms with van der Waals surface area (Å²) in [4.78, 5) is 22.4. The minimum atomic E-state index is -0.462. The van der Waals surface area contributed by atoms with Crippen LogP contribution in [0.2, 0.25) is 0 Å². The normalized spacial score (nSPS) is 15.1. The molecule has 0 saturated carbocycles. The van der Waals surface area contributed by atoms with Gasteiger partial charge in [-0.05, 0) is 27.0 Å². The van der Waals surface area contributed by atoms with Crippen LogP contribution < -0.4 is 0 Å². The lowest BCUT2D eigenvalue weighted by Gasteiger charge is -2.30. The predicted octanol–water partition coefficient (Wildman–Crippen LogP) is 2.49. The molecule has 0 N–H and O–H groups in total. The molecule has 6 heteroatoms. The van der Waals surface area contributed by atoms with Crippen molar-refractivity contribution in [2.75, 3.05) is 12.8 Å². The molecule has 0 unspecified atom stereocenters. The number of rotatable bonds is 1. The quantitative estimate of drug-likeness (QED) is 0.585. The van der Waals surface area contributed by atoms with Gasteiger partial charge in [0.1, 0.15) is 5.60 Å². The van der Waals surface area contributed by atoms with Gasteiger partial charge in [0.25, 0.3) is 0 Å². The summed E-state index contributed by atoms with van der Waals surface area (Å²) in [5.74, 6) is 0. The number of carbonyl (C=O) groups excluding carboxylic acids is 1. The van der Waals surface area contributed by atoms with Crippen LogP contribution in [-0.2, 0) is 17.7 Å². The molecule has 0 fully saturated rings. The van der Waals surface area contributed by atoms with Crippen molar-refractivity contribution in [3.8, 4) is 0 Å². The molecule has 104 valence electrons. The van der Waals surface area contributed by atoms with Crippen LogP contribution in [0.1, 0.15) is 32.0 Å². The predicted molar refractivity (Wildman–Crippen MR) is 74.2 cm³/mol. The lowest BCUT2D eigenvalue weighted by Crippen LogP contribution is -2.40. The van der Waals surface area contributed by atoms with E-state index in [-0.39, 0.29) is 6.09 Å². The molecule has 1 aliphatic heterocycles. The Morgan fingerprint density at radius 1 is 1.47 bits per heavy atom. The van der Waals surface area contributed by atoms with Crippen molar-refractivity contribution in [1.29, 1.82) is 0 Å². The van der Waals surface area contributed by atoms with Crippen LogP contribution in [0, 0.1) is 0 Å². The van der Waals surface area contributed by atoms with Crippen molar-refractivity contribution in [1.82, 2.24) is 14.9 Å². The molecule has 0 atom stereocenters. The van der Waals surface area contributed by atoms with E-state index in [1.807, 2.05) is 33.2 Å². The van der Waals surface area contributed by atoms with E-state index in [9.17, 15) is 4.79 Å². The van der Waals surface area contributed by atoms with Gasteiger partial charge in [-0.1, -0.05) is 11.8 Å². The van der Waals surface area contributed by atoms with Crippen LogP contribution in [0.15, 0.2) is 11.4 Å². The van der Waals surface area contributed by atoms with Gasteiger partial charge in [-0.2, -0.15) is 0 Å². The van der Waals surface area contributed by atoms with E-state index in [1.54, 1.807) is 4.90 Å². The molecule has 1 amide bonds. The molecule has 0 radical (unpaired) electrons. The second-order valence-electron chi connectivity index (χ2n) is 5.48. The van der Waals surface area contributed by atoms with Crippen LogP contribution in [0.5, 0.6) is 0 Å². The van der Waals surface area contributed by atoms with Gasteiger partial charge in [0.2, 0.25) is 0 Å². The lowest BCUT2D eigenvalue weighted by molar-refractivity contribution is 0.0222. The Balaban J connectivity index is 2.08. The molecule has 19 heavy (non-hydrogen) atoms. The van der Waals surface area contributed by atoms with E-state index in [1.165, 1.54) is 11.8 Å². The van der Waals surface area contributed by atoms with Gasteiger partial charge >= 0.3 is 6.09 Å². The number of nitrogens with zero attached hydrogens (tertiary/aromatic N) is 3. The fourth-order valence-electron chi connectivity index (χ4n) is 1.88.